The number of carbonyl (C=O) groups excluding carboxylic acids is 1. The molecule has 0 aliphatic carbocycles. The van der Waals surface area contributed by atoms with Gasteiger partial charge in [0.05, 0.1) is 25.7 Å². The van der Waals surface area contributed by atoms with E-state index in [1.165, 1.54) is 5.56 Å². The number of fused-ring (bicyclic) bond motifs is 1. The molecular formula is C24H26O5S. The number of carbonyl (C=O) groups is 1. The van der Waals surface area contributed by atoms with E-state index in [0.29, 0.717) is 13.2 Å². The third kappa shape index (κ3) is 3.89. The van der Waals surface area contributed by atoms with Gasteiger partial charge in [0, 0.05) is 33.1 Å². The Morgan fingerprint density at radius 2 is 2.07 bits per heavy atom. The van der Waals surface area contributed by atoms with Crippen LogP contribution in [0, 0.1) is 6.92 Å². The van der Waals surface area contributed by atoms with Crippen LogP contribution in [0.4, 0.5) is 0 Å². The number of thiophene rings is 1. The average Bonchev–Trinajstić information content (AvgIpc) is 3.40. The molecule has 0 amide bonds. The van der Waals surface area contributed by atoms with E-state index in [1.54, 1.807) is 23.9 Å². The second-order valence-corrected chi connectivity index (χ2v) is 8.37. The Bertz CT molecular complexity index is 1020. The molecule has 1 atom stereocenters. The van der Waals surface area contributed by atoms with Gasteiger partial charge in [-0.2, -0.15) is 0 Å². The zero-order valence-corrected chi connectivity index (χ0v) is 18.3. The number of esters is 1. The SMILES string of the molecule is CCOC(=O)C(OCC)c1c(C)sc(-c2ccoc2)c1-c1ccc2c(c1)CCCO2. The Morgan fingerprint density at radius 1 is 1.20 bits per heavy atom. The third-order valence-electron chi connectivity index (χ3n) is 5.21. The second-order valence-electron chi connectivity index (χ2n) is 7.15. The molecule has 0 spiro atoms. The minimum atomic E-state index is -0.769. The zero-order chi connectivity index (χ0) is 21.1. The molecule has 0 radical (unpaired) electrons. The van der Waals surface area contributed by atoms with Crippen LogP contribution in [0.1, 0.15) is 42.4 Å². The van der Waals surface area contributed by atoms with Gasteiger partial charge in [-0.25, -0.2) is 4.79 Å². The molecule has 1 aliphatic rings. The Morgan fingerprint density at radius 3 is 2.80 bits per heavy atom. The quantitative estimate of drug-likeness (QED) is 0.437. The standard InChI is InChI=1S/C24H26O5S/c1-4-27-22(24(25)28-5-2)20-15(3)30-23(18-10-12-26-14-18)21(20)17-8-9-19-16(13-17)7-6-11-29-19/h8-10,12-14,22H,4-7,11H2,1-3H3. The van der Waals surface area contributed by atoms with Gasteiger partial charge in [-0.15, -0.1) is 11.3 Å². The van der Waals surface area contributed by atoms with Crippen LogP contribution < -0.4 is 4.74 Å². The number of hydrogen-bond acceptors (Lipinski definition) is 6. The molecule has 3 heterocycles. The zero-order valence-electron chi connectivity index (χ0n) is 17.5. The summed E-state index contributed by atoms with van der Waals surface area (Å²) >= 11 is 1.64. The first-order valence-electron chi connectivity index (χ1n) is 10.3. The highest BCUT2D eigenvalue weighted by Crippen LogP contribution is 2.47. The van der Waals surface area contributed by atoms with Crippen molar-refractivity contribution in [1.29, 1.82) is 0 Å². The van der Waals surface area contributed by atoms with E-state index in [4.69, 9.17) is 18.6 Å². The van der Waals surface area contributed by atoms with Gasteiger partial charge in [-0.1, -0.05) is 6.07 Å². The van der Waals surface area contributed by atoms with Gasteiger partial charge in [0.1, 0.15) is 5.75 Å². The van der Waals surface area contributed by atoms with Crippen LogP contribution in [-0.2, 0) is 20.7 Å². The highest BCUT2D eigenvalue weighted by Gasteiger charge is 2.32. The van der Waals surface area contributed by atoms with Gasteiger partial charge >= 0.3 is 5.97 Å². The fraction of sp³-hybridized carbons (Fsp3) is 0.375. The van der Waals surface area contributed by atoms with Crippen molar-refractivity contribution in [3.05, 3.63) is 52.8 Å². The summed E-state index contributed by atoms with van der Waals surface area (Å²) in [5.41, 5.74) is 5.09. The Kier molecular flexibility index (Phi) is 6.25. The Hall–Kier alpha value is -2.57. The number of benzene rings is 1. The molecule has 1 unspecified atom stereocenters. The molecule has 6 heteroatoms. The molecular weight excluding hydrogens is 400 g/mol. The maximum absolute atomic E-state index is 12.8. The van der Waals surface area contributed by atoms with E-state index in [2.05, 4.69) is 12.1 Å². The molecule has 2 aromatic heterocycles. The van der Waals surface area contributed by atoms with E-state index < -0.39 is 6.10 Å². The first-order chi connectivity index (χ1) is 14.6. The summed E-state index contributed by atoms with van der Waals surface area (Å²) in [4.78, 5) is 14.9. The fourth-order valence-electron chi connectivity index (χ4n) is 3.93. The van der Waals surface area contributed by atoms with Crippen LogP contribution in [0.15, 0.2) is 41.2 Å². The van der Waals surface area contributed by atoms with Crippen LogP contribution in [0.2, 0.25) is 0 Å². The molecule has 3 aromatic rings. The normalized spacial score (nSPS) is 14.1. The molecule has 1 aliphatic heterocycles. The molecule has 158 valence electrons. The molecule has 4 rings (SSSR count). The summed E-state index contributed by atoms with van der Waals surface area (Å²) in [7, 11) is 0. The smallest absolute Gasteiger partial charge is 0.339 e. The highest BCUT2D eigenvalue weighted by molar-refractivity contribution is 7.16. The molecule has 30 heavy (non-hydrogen) atoms. The number of ether oxygens (including phenoxy) is 3. The molecule has 5 nitrogen and oxygen atoms in total. The van der Waals surface area contributed by atoms with Crippen LogP contribution in [0.25, 0.3) is 21.6 Å². The number of aryl methyl sites for hydroxylation is 2. The highest BCUT2D eigenvalue weighted by atomic mass is 32.1. The summed E-state index contributed by atoms with van der Waals surface area (Å²) in [6, 6.07) is 8.21. The molecule has 1 aromatic carbocycles. The number of rotatable bonds is 7. The first kappa shape index (κ1) is 20.7. The largest absolute Gasteiger partial charge is 0.493 e. The van der Waals surface area contributed by atoms with Crippen LogP contribution in [0.3, 0.4) is 0 Å². The van der Waals surface area contributed by atoms with Crippen molar-refractivity contribution in [1.82, 2.24) is 0 Å². The van der Waals surface area contributed by atoms with E-state index in [-0.39, 0.29) is 5.97 Å². The lowest BCUT2D eigenvalue weighted by Gasteiger charge is -2.21. The summed E-state index contributed by atoms with van der Waals surface area (Å²) in [5.74, 6) is 0.580. The maximum Gasteiger partial charge on any atom is 0.339 e. The van der Waals surface area contributed by atoms with Gasteiger partial charge in [-0.05, 0) is 62.9 Å². The van der Waals surface area contributed by atoms with E-state index in [1.807, 2.05) is 32.9 Å². The molecule has 0 saturated carbocycles. The van der Waals surface area contributed by atoms with Gasteiger partial charge < -0.3 is 18.6 Å². The van der Waals surface area contributed by atoms with Crippen molar-refractivity contribution in [2.45, 2.75) is 39.7 Å². The Balaban J connectivity index is 1.91. The van der Waals surface area contributed by atoms with Crippen molar-refractivity contribution in [3.63, 3.8) is 0 Å². The summed E-state index contributed by atoms with van der Waals surface area (Å²) in [6.07, 6.45) is 4.62. The van der Waals surface area contributed by atoms with Gasteiger partial charge in [-0.3, -0.25) is 0 Å². The van der Waals surface area contributed by atoms with Gasteiger partial charge in [0.15, 0.2) is 6.10 Å². The topological polar surface area (TPSA) is 57.9 Å². The average molecular weight is 427 g/mol. The lowest BCUT2D eigenvalue weighted by molar-refractivity contribution is -0.157. The minimum absolute atomic E-state index is 0.311. The molecule has 0 saturated heterocycles. The van der Waals surface area contributed by atoms with Crippen LogP contribution >= 0.6 is 11.3 Å². The second kappa shape index (κ2) is 9.06. The lowest BCUT2D eigenvalue weighted by atomic mass is 9.92. The van der Waals surface area contributed by atoms with Crippen molar-refractivity contribution >= 4 is 17.3 Å². The van der Waals surface area contributed by atoms with E-state index in [0.717, 1.165) is 57.2 Å². The fourth-order valence-corrected chi connectivity index (χ4v) is 5.12. The number of furan rings is 1. The molecule has 0 fully saturated rings. The van der Waals surface area contributed by atoms with E-state index >= 15 is 0 Å². The predicted octanol–water partition coefficient (Wildman–Crippen LogP) is 5.95. The van der Waals surface area contributed by atoms with Crippen molar-refractivity contribution in [2.75, 3.05) is 19.8 Å². The van der Waals surface area contributed by atoms with Gasteiger partial charge in [0.25, 0.3) is 0 Å². The summed E-state index contributed by atoms with van der Waals surface area (Å²) in [5, 5.41) is 0. The number of hydrogen-bond donors (Lipinski definition) is 0. The molecule has 0 N–H and O–H groups in total. The van der Waals surface area contributed by atoms with E-state index in [9.17, 15) is 4.79 Å². The van der Waals surface area contributed by atoms with Crippen molar-refractivity contribution in [3.8, 4) is 27.3 Å². The lowest BCUT2D eigenvalue weighted by Crippen LogP contribution is -2.20. The predicted molar refractivity (Wildman–Crippen MR) is 117 cm³/mol. The third-order valence-corrected chi connectivity index (χ3v) is 6.38. The van der Waals surface area contributed by atoms with Gasteiger partial charge in [0.2, 0.25) is 0 Å². The minimum Gasteiger partial charge on any atom is -0.493 e. The maximum atomic E-state index is 12.8. The van der Waals surface area contributed by atoms with Crippen LogP contribution in [-0.4, -0.2) is 25.8 Å². The van der Waals surface area contributed by atoms with Crippen LogP contribution in [0.5, 0.6) is 5.75 Å². The molecule has 0 bridgehead atoms. The summed E-state index contributed by atoms with van der Waals surface area (Å²) in [6.45, 7) is 7.21. The first-order valence-corrected chi connectivity index (χ1v) is 11.2. The van der Waals surface area contributed by atoms with Crippen molar-refractivity contribution in [2.24, 2.45) is 0 Å². The monoisotopic (exact) mass is 426 g/mol. The Labute approximate surface area is 180 Å². The summed E-state index contributed by atoms with van der Waals surface area (Å²) < 4.78 is 22.4. The van der Waals surface area contributed by atoms with Crippen molar-refractivity contribution < 1.29 is 23.4 Å².